The Labute approximate surface area is 110 Å². The van der Waals surface area contributed by atoms with Crippen LogP contribution in [0.1, 0.15) is 45.3 Å². The van der Waals surface area contributed by atoms with Gasteiger partial charge in [-0.15, -0.1) is 0 Å². The van der Waals surface area contributed by atoms with Crippen molar-refractivity contribution < 1.29 is 4.42 Å². The first-order valence-corrected chi connectivity index (χ1v) is 7.07. The van der Waals surface area contributed by atoms with Gasteiger partial charge in [0.1, 0.15) is 5.76 Å². The van der Waals surface area contributed by atoms with Gasteiger partial charge in [0.2, 0.25) is 0 Å². The highest BCUT2D eigenvalue weighted by molar-refractivity contribution is 4.99. The maximum Gasteiger partial charge on any atom is 0.117 e. The Morgan fingerprint density at radius 2 is 2.22 bits per heavy atom. The molecule has 1 aliphatic rings. The van der Waals surface area contributed by atoms with E-state index in [-0.39, 0.29) is 5.41 Å². The molecule has 0 saturated heterocycles. The van der Waals surface area contributed by atoms with Crippen molar-refractivity contribution in [2.45, 2.75) is 52.1 Å². The quantitative estimate of drug-likeness (QED) is 0.771. The van der Waals surface area contributed by atoms with Crippen LogP contribution < -0.4 is 5.73 Å². The molecule has 1 fully saturated rings. The minimum Gasteiger partial charge on any atom is -0.468 e. The van der Waals surface area contributed by atoms with Gasteiger partial charge in [-0.25, -0.2) is 0 Å². The van der Waals surface area contributed by atoms with Crippen LogP contribution in [-0.4, -0.2) is 24.0 Å². The molecule has 0 amide bonds. The number of hydrogen-bond acceptors (Lipinski definition) is 3. The normalized spacial score (nSPS) is 16.4. The predicted octanol–water partition coefficient (Wildman–Crippen LogP) is 3.01. The van der Waals surface area contributed by atoms with Gasteiger partial charge >= 0.3 is 0 Å². The van der Waals surface area contributed by atoms with Gasteiger partial charge in [0, 0.05) is 6.04 Å². The first-order valence-electron chi connectivity index (χ1n) is 7.07. The third kappa shape index (κ3) is 4.14. The van der Waals surface area contributed by atoms with Crippen molar-refractivity contribution in [1.29, 1.82) is 0 Å². The number of rotatable bonds is 8. The lowest BCUT2D eigenvalue weighted by Gasteiger charge is -2.25. The molecular weight excluding hydrogens is 224 g/mol. The van der Waals surface area contributed by atoms with Gasteiger partial charge in [0.25, 0.3) is 0 Å². The summed E-state index contributed by atoms with van der Waals surface area (Å²) in [5, 5.41) is 0. The van der Waals surface area contributed by atoms with E-state index in [1.54, 1.807) is 6.26 Å². The smallest absolute Gasteiger partial charge is 0.117 e. The van der Waals surface area contributed by atoms with E-state index in [2.05, 4.69) is 24.8 Å². The number of nitrogens with two attached hydrogens (primary N) is 1. The molecule has 0 aromatic carbocycles. The van der Waals surface area contributed by atoms with Crippen molar-refractivity contribution in [3.63, 3.8) is 0 Å². The predicted molar refractivity (Wildman–Crippen MR) is 74.2 cm³/mol. The molecule has 1 aliphatic carbocycles. The van der Waals surface area contributed by atoms with E-state index in [0.29, 0.717) is 0 Å². The first kappa shape index (κ1) is 13.6. The molecule has 102 valence electrons. The van der Waals surface area contributed by atoms with Crippen LogP contribution in [0.4, 0.5) is 0 Å². The lowest BCUT2D eigenvalue weighted by Crippen LogP contribution is -2.29. The van der Waals surface area contributed by atoms with Crippen molar-refractivity contribution in [3.05, 3.63) is 24.2 Å². The van der Waals surface area contributed by atoms with Crippen molar-refractivity contribution >= 4 is 0 Å². The molecule has 0 atom stereocenters. The largest absolute Gasteiger partial charge is 0.468 e. The van der Waals surface area contributed by atoms with Gasteiger partial charge in [0.05, 0.1) is 12.8 Å². The highest BCUT2D eigenvalue weighted by atomic mass is 16.3. The Morgan fingerprint density at radius 3 is 2.78 bits per heavy atom. The molecule has 0 radical (unpaired) electrons. The van der Waals surface area contributed by atoms with Crippen LogP contribution in [-0.2, 0) is 6.54 Å². The summed E-state index contributed by atoms with van der Waals surface area (Å²) in [5.41, 5.74) is 6.05. The van der Waals surface area contributed by atoms with Crippen molar-refractivity contribution in [3.8, 4) is 0 Å². The molecule has 0 unspecified atom stereocenters. The van der Waals surface area contributed by atoms with Crippen molar-refractivity contribution in [1.82, 2.24) is 4.90 Å². The van der Waals surface area contributed by atoms with Crippen LogP contribution in [0.15, 0.2) is 22.8 Å². The van der Waals surface area contributed by atoms with Crippen LogP contribution >= 0.6 is 0 Å². The average molecular weight is 250 g/mol. The highest BCUT2D eigenvalue weighted by Gasteiger charge is 2.29. The molecule has 3 nitrogen and oxygen atoms in total. The Morgan fingerprint density at radius 1 is 1.44 bits per heavy atom. The highest BCUT2D eigenvalue weighted by Crippen LogP contribution is 2.29. The van der Waals surface area contributed by atoms with Gasteiger partial charge in [-0.3, -0.25) is 4.90 Å². The molecule has 1 aromatic heterocycles. The summed E-state index contributed by atoms with van der Waals surface area (Å²) in [7, 11) is 0. The molecule has 0 aliphatic heterocycles. The molecule has 2 N–H and O–H groups in total. The second kappa shape index (κ2) is 5.89. The Bertz CT molecular complexity index is 341. The monoisotopic (exact) mass is 250 g/mol. The summed E-state index contributed by atoms with van der Waals surface area (Å²) in [6.45, 7) is 7.39. The molecule has 1 aromatic rings. The fourth-order valence-electron chi connectivity index (χ4n) is 2.30. The summed E-state index contributed by atoms with van der Waals surface area (Å²) in [5.74, 6) is 1.08. The van der Waals surface area contributed by atoms with Gasteiger partial charge < -0.3 is 10.2 Å². The molecule has 1 heterocycles. The zero-order chi connectivity index (χ0) is 13.0. The second-order valence-electron chi connectivity index (χ2n) is 6.25. The number of nitrogens with zero attached hydrogens (tertiary/aromatic N) is 1. The molecule has 1 saturated carbocycles. The summed E-state index contributed by atoms with van der Waals surface area (Å²) in [4.78, 5) is 2.56. The molecular formula is C15H26N2O. The first-order chi connectivity index (χ1) is 8.61. The Kier molecular flexibility index (Phi) is 4.46. The standard InChI is InChI=1S/C15H26N2O/c1-15(2,12-16)8-4-9-17(13-6-7-13)11-14-5-3-10-18-14/h3,5,10,13H,4,6-9,11-12,16H2,1-2H3. The van der Waals surface area contributed by atoms with Crippen LogP contribution in [0.2, 0.25) is 0 Å². The van der Waals surface area contributed by atoms with Crippen LogP contribution in [0.3, 0.4) is 0 Å². The third-order valence-electron chi connectivity index (χ3n) is 3.85. The van der Waals surface area contributed by atoms with E-state index in [1.807, 2.05) is 6.07 Å². The number of hydrogen-bond donors (Lipinski definition) is 1. The molecule has 3 heteroatoms. The van der Waals surface area contributed by atoms with E-state index in [1.165, 1.54) is 25.7 Å². The van der Waals surface area contributed by atoms with Crippen LogP contribution in [0, 0.1) is 5.41 Å². The Hall–Kier alpha value is -0.800. The zero-order valence-electron chi connectivity index (χ0n) is 11.7. The second-order valence-corrected chi connectivity index (χ2v) is 6.25. The van der Waals surface area contributed by atoms with Gasteiger partial charge in [-0.2, -0.15) is 0 Å². The van der Waals surface area contributed by atoms with E-state index in [4.69, 9.17) is 10.2 Å². The maximum atomic E-state index is 5.78. The van der Waals surface area contributed by atoms with E-state index >= 15 is 0 Å². The fourth-order valence-corrected chi connectivity index (χ4v) is 2.30. The fraction of sp³-hybridized carbons (Fsp3) is 0.733. The van der Waals surface area contributed by atoms with Gasteiger partial charge in [-0.1, -0.05) is 13.8 Å². The average Bonchev–Trinajstić information content (AvgIpc) is 3.07. The molecule has 2 rings (SSSR count). The lowest BCUT2D eigenvalue weighted by atomic mass is 9.88. The summed E-state index contributed by atoms with van der Waals surface area (Å²) in [6, 6.07) is 4.83. The van der Waals surface area contributed by atoms with Crippen molar-refractivity contribution in [2.24, 2.45) is 11.1 Å². The van der Waals surface area contributed by atoms with Gasteiger partial charge in [0.15, 0.2) is 0 Å². The Balaban J connectivity index is 1.77. The maximum absolute atomic E-state index is 5.78. The molecule has 18 heavy (non-hydrogen) atoms. The lowest BCUT2D eigenvalue weighted by molar-refractivity contribution is 0.213. The topological polar surface area (TPSA) is 42.4 Å². The minimum absolute atomic E-state index is 0.278. The van der Waals surface area contributed by atoms with E-state index < -0.39 is 0 Å². The zero-order valence-corrected chi connectivity index (χ0v) is 11.7. The molecule has 0 spiro atoms. The SMILES string of the molecule is CC(C)(CN)CCCN(Cc1ccco1)C1CC1. The molecule has 0 bridgehead atoms. The number of furan rings is 1. The summed E-state index contributed by atoms with van der Waals surface area (Å²) < 4.78 is 5.45. The van der Waals surface area contributed by atoms with Crippen LogP contribution in [0.5, 0.6) is 0 Å². The third-order valence-corrected chi connectivity index (χ3v) is 3.85. The summed E-state index contributed by atoms with van der Waals surface area (Å²) >= 11 is 0. The van der Waals surface area contributed by atoms with E-state index in [9.17, 15) is 0 Å². The van der Waals surface area contributed by atoms with Crippen LogP contribution in [0.25, 0.3) is 0 Å². The summed E-state index contributed by atoms with van der Waals surface area (Å²) in [6.07, 6.45) is 6.88. The minimum atomic E-state index is 0.278. The van der Waals surface area contributed by atoms with Gasteiger partial charge in [-0.05, 0) is 56.3 Å². The van der Waals surface area contributed by atoms with E-state index in [0.717, 1.165) is 31.4 Å². The van der Waals surface area contributed by atoms with Crippen molar-refractivity contribution in [2.75, 3.05) is 13.1 Å².